The highest BCUT2D eigenvalue weighted by molar-refractivity contribution is 7.11. The molecule has 0 bridgehead atoms. The molecular formula is C20H18N6O3S. The van der Waals surface area contributed by atoms with E-state index in [1.807, 2.05) is 18.2 Å². The van der Waals surface area contributed by atoms with E-state index in [0.29, 0.717) is 27.9 Å². The van der Waals surface area contributed by atoms with Gasteiger partial charge >= 0.3 is 6.09 Å². The molecule has 0 saturated heterocycles. The first kappa shape index (κ1) is 19.5. The van der Waals surface area contributed by atoms with Gasteiger partial charge in [-0.1, -0.05) is 12.1 Å². The van der Waals surface area contributed by atoms with Crippen molar-refractivity contribution in [3.63, 3.8) is 0 Å². The van der Waals surface area contributed by atoms with Gasteiger partial charge in [-0.25, -0.2) is 19.7 Å². The number of ether oxygens (including phenoxy) is 1. The number of thiazole rings is 1. The lowest BCUT2D eigenvalue weighted by Crippen LogP contribution is -2.18. The van der Waals surface area contributed by atoms with Crippen LogP contribution in [0.2, 0.25) is 0 Å². The van der Waals surface area contributed by atoms with Crippen LogP contribution < -0.4 is 10.6 Å². The van der Waals surface area contributed by atoms with Crippen LogP contribution in [0.4, 0.5) is 16.2 Å². The third-order valence-corrected chi connectivity index (χ3v) is 4.71. The Morgan fingerprint density at radius 3 is 2.77 bits per heavy atom. The fourth-order valence-corrected chi connectivity index (χ4v) is 3.26. The number of fused-ring (bicyclic) bond motifs is 1. The fraction of sp³-hybridized carbons (Fsp3) is 0.150. The molecule has 0 spiro atoms. The molecule has 1 aromatic carbocycles. The lowest BCUT2D eigenvalue weighted by Gasteiger charge is -2.09. The van der Waals surface area contributed by atoms with Crippen molar-refractivity contribution in [3.8, 4) is 11.3 Å². The fourth-order valence-electron chi connectivity index (χ4n) is 2.73. The van der Waals surface area contributed by atoms with Crippen LogP contribution >= 0.6 is 11.3 Å². The summed E-state index contributed by atoms with van der Waals surface area (Å²) in [5, 5.41) is 7.61. The van der Waals surface area contributed by atoms with Crippen molar-refractivity contribution >= 4 is 40.5 Å². The number of carbonyl (C=O) groups excluding carboxylic acids is 2. The Morgan fingerprint density at radius 2 is 2.00 bits per heavy atom. The molecule has 0 atom stereocenters. The van der Waals surface area contributed by atoms with E-state index in [1.54, 1.807) is 48.3 Å². The molecule has 3 heterocycles. The van der Waals surface area contributed by atoms with Crippen LogP contribution in [-0.2, 0) is 4.74 Å². The molecule has 0 radical (unpaired) electrons. The highest BCUT2D eigenvalue weighted by Crippen LogP contribution is 2.23. The van der Waals surface area contributed by atoms with Crippen LogP contribution in [-0.4, -0.2) is 37.5 Å². The van der Waals surface area contributed by atoms with Crippen molar-refractivity contribution in [2.75, 3.05) is 10.6 Å². The Balaban J connectivity index is 1.54. The normalized spacial score (nSPS) is 10.9. The van der Waals surface area contributed by atoms with Crippen LogP contribution in [0.5, 0.6) is 0 Å². The second-order valence-electron chi connectivity index (χ2n) is 6.63. The van der Waals surface area contributed by atoms with Crippen LogP contribution in [0.25, 0.3) is 17.0 Å². The number of hydrogen-bond donors (Lipinski definition) is 2. The molecule has 2 N–H and O–H groups in total. The van der Waals surface area contributed by atoms with E-state index in [9.17, 15) is 9.59 Å². The number of benzene rings is 1. The number of aromatic nitrogens is 4. The van der Waals surface area contributed by atoms with Gasteiger partial charge in [-0.3, -0.25) is 14.5 Å². The largest absolute Gasteiger partial charge is 0.447 e. The van der Waals surface area contributed by atoms with Gasteiger partial charge in [-0.15, -0.1) is 11.3 Å². The van der Waals surface area contributed by atoms with E-state index in [0.717, 1.165) is 5.56 Å². The summed E-state index contributed by atoms with van der Waals surface area (Å²) >= 11 is 1.28. The summed E-state index contributed by atoms with van der Waals surface area (Å²) in [6.45, 7) is 3.55. The minimum absolute atomic E-state index is 0.218. The molecule has 30 heavy (non-hydrogen) atoms. The number of amides is 2. The minimum Gasteiger partial charge on any atom is -0.447 e. The smallest absolute Gasteiger partial charge is 0.411 e. The van der Waals surface area contributed by atoms with Gasteiger partial charge in [0, 0.05) is 35.2 Å². The maximum Gasteiger partial charge on any atom is 0.411 e. The lowest BCUT2D eigenvalue weighted by atomic mass is 10.1. The standard InChI is InChI=1S/C20H18N6O3S/c1-12(2)29-20(28)24-15-9-22-19-25-16(11-26(19)10-15)13-4-3-5-14(8-13)23-17(27)18-21-6-7-30-18/h3-12H,1-2H3,(H,23,27)(H,24,28). The number of nitrogens with one attached hydrogen (secondary N) is 2. The second-order valence-corrected chi connectivity index (χ2v) is 7.52. The van der Waals surface area contributed by atoms with E-state index in [2.05, 4.69) is 25.6 Å². The zero-order valence-electron chi connectivity index (χ0n) is 16.2. The molecule has 4 rings (SSSR count). The molecule has 3 aromatic heterocycles. The predicted molar refractivity (Wildman–Crippen MR) is 114 cm³/mol. The summed E-state index contributed by atoms with van der Waals surface area (Å²) in [7, 11) is 0. The SMILES string of the molecule is CC(C)OC(=O)Nc1cnc2nc(-c3cccc(NC(=O)c4nccs4)c3)cn2c1. The third-order valence-electron chi connectivity index (χ3n) is 3.94. The quantitative estimate of drug-likeness (QED) is 0.502. The Bertz CT molecular complexity index is 1200. The van der Waals surface area contributed by atoms with Crippen molar-refractivity contribution in [2.24, 2.45) is 0 Å². The predicted octanol–water partition coefficient (Wildman–Crippen LogP) is 4.06. The first-order valence-electron chi connectivity index (χ1n) is 9.11. The van der Waals surface area contributed by atoms with Gasteiger partial charge in [0.25, 0.3) is 5.91 Å². The third kappa shape index (κ3) is 4.44. The first-order chi connectivity index (χ1) is 14.5. The molecule has 0 unspecified atom stereocenters. The number of anilines is 2. The van der Waals surface area contributed by atoms with Crippen LogP contribution in [0.15, 0.2) is 54.4 Å². The van der Waals surface area contributed by atoms with Gasteiger partial charge in [0.1, 0.15) is 0 Å². The number of rotatable bonds is 5. The summed E-state index contributed by atoms with van der Waals surface area (Å²) in [6, 6.07) is 7.34. The molecule has 0 saturated carbocycles. The molecule has 0 fully saturated rings. The Labute approximate surface area is 175 Å². The molecule has 0 aliphatic carbocycles. The van der Waals surface area contributed by atoms with Crippen molar-refractivity contribution in [1.82, 2.24) is 19.4 Å². The molecule has 9 nitrogen and oxygen atoms in total. The first-order valence-corrected chi connectivity index (χ1v) is 9.99. The maximum absolute atomic E-state index is 12.2. The number of nitrogens with zero attached hydrogens (tertiary/aromatic N) is 4. The monoisotopic (exact) mass is 422 g/mol. The van der Waals surface area contributed by atoms with Crippen LogP contribution in [0.1, 0.15) is 23.6 Å². The Hall–Kier alpha value is -3.79. The van der Waals surface area contributed by atoms with Crippen molar-refractivity contribution in [2.45, 2.75) is 20.0 Å². The number of hydrogen-bond acceptors (Lipinski definition) is 7. The van der Waals surface area contributed by atoms with Crippen molar-refractivity contribution in [1.29, 1.82) is 0 Å². The lowest BCUT2D eigenvalue weighted by molar-refractivity contribution is 0.102. The van der Waals surface area contributed by atoms with E-state index in [-0.39, 0.29) is 12.0 Å². The number of imidazole rings is 1. The zero-order valence-corrected chi connectivity index (χ0v) is 17.0. The van der Waals surface area contributed by atoms with Gasteiger partial charge in [-0.2, -0.15) is 0 Å². The number of carbonyl (C=O) groups is 2. The molecular weight excluding hydrogens is 404 g/mol. The highest BCUT2D eigenvalue weighted by atomic mass is 32.1. The molecule has 0 aliphatic rings. The zero-order chi connectivity index (χ0) is 21.1. The van der Waals surface area contributed by atoms with Gasteiger partial charge in [-0.05, 0) is 26.0 Å². The summed E-state index contributed by atoms with van der Waals surface area (Å²) in [6.07, 6.45) is 5.83. The van der Waals surface area contributed by atoms with Crippen molar-refractivity contribution < 1.29 is 14.3 Å². The summed E-state index contributed by atoms with van der Waals surface area (Å²) in [5.74, 6) is 0.216. The topological polar surface area (TPSA) is 111 Å². The highest BCUT2D eigenvalue weighted by Gasteiger charge is 2.12. The van der Waals surface area contributed by atoms with Crippen LogP contribution in [0.3, 0.4) is 0 Å². The van der Waals surface area contributed by atoms with E-state index in [1.165, 1.54) is 17.5 Å². The van der Waals surface area contributed by atoms with E-state index < -0.39 is 6.09 Å². The van der Waals surface area contributed by atoms with E-state index >= 15 is 0 Å². The average Bonchev–Trinajstić information content (AvgIpc) is 3.37. The second kappa shape index (κ2) is 8.29. The van der Waals surface area contributed by atoms with Crippen LogP contribution in [0, 0.1) is 0 Å². The Kier molecular flexibility index (Phi) is 5.40. The van der Waals surface area contributed by atoms with E-state index in [4.69, 9.17) is 4.74 Å². The average molecular weight is 422 g/mol. The summed E-state index contributed by atoms with van der Waals surface area (Å²) in [5.41, 5.74) is 2.61. The molecule has 2 amide bonds. The summed E-state index contributed by atoms with van der Waals surface area (Å²) in [4.78, 5) is 36.8. The Morgan fingerprint density at radius 1 is 1.13 bits per heavy atom. The molecule has 0 aliphatic heterocycles. The van der Waals surface area contributed by atoms with Gasteiger partial charge in [0.15, 0.2) is 5.01 Å². The minimum atomic E-state index is -0.546. The summed E-state index contributed by atoms with van der Waals surface area (Å²) < 4.78 is 6.78. The molecule has 4 aromatic rings. The molecule has 152 valence electrons. The molecule has 10 heteroatoms. The van der Waals surface area contributed by atoms with Gasteiger partial charge < -0.3 is 10.1 Å². The van der Waals surface area contributed by atoms with Gasteiger partial charge in [0.2, 0.25) is 5.78 Å². The van der Waals surface area contributed by atoms with Gasteiger partial charge in [0.05, 0.1) is 23.7 Å². The maximum atomic E-state index is 12.2. The van der Waals surface area contributed by atoms with Crippen molar-refractivity contribution in [3.05, 3.63) is 59.4 Å².